The van der Waals surface area contributed by atoms with Crippen molar-refractivity contribution in [3.8, 4) is 0 Å². The molecule has 1 aliphatic heterocycles. The summed E-state index contributed by atoms with van der Waals surface area (Å²) in [5.41, 5.74) is 0. The van der Waals surface area contributed by atoms with E-state index < -0.39 is 34.2 Å². The first kappa shape index (κ1) is 15.9. The molecular formula is C12H20N4O4S. The zero-order valence-corrected chi connectivity index (χ0v) is 12.8. The van der Waals surface area contributed by atoms with Crippen LogP contribution in [0.15, 0.2) is 0 Å². The number of nitrogens with zero attached hydrogens (tertiary/aromatic N) is 3. The molecule has 0 aliphatic carbocycles. The van der Waals surface area contributed by atoms with E-state index in [4.69, 9.17) is 5.11 Å². The van der Waals surface area contributed by atoms with Gasteiger partial charge in [-0.25, -0.2) is 13.1 Å². The van der Waals surface area contributed by atoms with Gasteiger partial charge in [0.2, 0.25) is 10.0 Å². The third kappa shape index (κ3) is 4.24. The second-order valence-electron chi connectivity index (χ2n) is 5.24. The van der Waals surface area contributed by atoms with Crippen molar-refractivity contribution in [1.82, 2.24) is 19.5 Å². The number of aromatic nitrogens is 3. The number of carbonyl (C=O) groups is 1. The largest absolute Gasteiger partial charge is 0.481 e. The highest BCUT2D eigenvalue weighted by Crippen LogP contribution is 2.19. The van der Waals surface area contributed by atoms with E-state index in [1.165, 1.54) is 0 Å². The number of fused-ring (bicyclic) bond motifs is 1. The molecule has 2 rings (SSSR count). The second kappa shape index (κ2) is 6.52. The van der Waals surface area contributed by atoms with Gasteiger partial charge in [0.05, 0.1) is 18.2 Å². The molecule has 1 atom stereocenters. The maximum Gasteiger partial charge on any atom is 0.304 e. The van der Waals surface area contributed by atoms with Crippen LogP contribution in [0.2, 0.25) is 0 Å². The highest BCUT2D eigenvalue weighted by atomic mass is 32.2. The number of aryl methyl sites for hydroxylation is 1. The number of carboxylic acids is 1. The molecule has 0 spiro atoms. The zero-order chi connectivity index (χ0) is 15.5. The number of aliphatic carboxylic acids is 1. The summed E-state index contributed by atoms with van der Waals surface area (Å²) in [7, 11) is -3.65. The van der Waals surface area contributed by atoms with Crippen LogP contribution in [0, 0.1) is 0 Å². The van der Waals surface area contributed by atoms with E-state index in [0.29, 0.717) is 5.82 Å². The molecule has 2 N–H and O–H groups in total. The van der Waals surface area contributed by atoms with Crippen LogP contribution in [-0.4, -0.2) is 40.0 Å². The van der Waals surface area contributed by atoms with E-state index in [-0.39, 0.29) is 0 Å². The van der Waals surface area contributed by atoms with Crippen molar-refractivity contribution in [1.29, 1.82) is 0 Å². The number of hydrogen-bond donors (Lipinski definition) is 2. The van der Waals surface area contributed by atoms with Gasteiger partial charge in [0, 0.05) is 13.0 Å². The van der Waals surface area contributed by atoms with E-state index in [1.807, 2.05) is 4.57 Å². The number of nitrogens with one attached hydrogen (secondary N) is 1. The average molecular weight is 316 g/mol. The smallest absolute Gasteiger partial charge is 0.304 e. The molecule has 2 heterocycles. The van der Waals surface area contributed by atoms with Gasteiger partial charge >= 0.3 is 5.97 Å². The van der Waals surface area contributed by atoms with E-state index in [1.54, 1.807) is 6.92 Å². The van der Waals surface area contributed by atoms with Crippen molar-refractivity contribution in [2.45, 2.75) is 51.6 Å². The third-order valence-electron chi connectivity index (χ3n) is 3.47. The van der Waals surface area contributed by atoms with Gasteiger partial charge in [-0.3, -0.25) is 4.79 Å². The molecule has 21 heavy (non-hydrogen) atoms. The van der Waals surface area contributed by atoms with Crippen LogP contribution in [0.3, 0.4) is 0 Å². The van der Waals surface area contributed by atoms with E-state index in [2.05, 4.69) is 14.9 Å². The van der Waals surface area contributed by atoms with E-state index in [0.717, 1.165) is 38.1 Å². The molecule has 9 heteroatoms. The Bertz CT molecular complexity index is 611. The summed E-state index contributed by atoms with van der Waals surface area (Å²) >= 11 is 0. The first-order chi connectivity index (χ1) is 9.89. The molecule has 0 aromatic carbocycles. The molecule has 1 unspecified atom stereocenters. The fourth-order valence-corrected chi connectivity index (χ4v) is 3.64. The first-order valence-electron chi connectivity index (χ1n) is 7.03. The van der Waals surface area contributed by atoms with Crippen molar-refractivity contribution >= 4 is 16.0 Å². The minimum absolute atomic E-state index is 0.417. The maximum atomic E-state index is 11.8. The summed E-state index contributed by atoms with van der Waals surface area (Å²) in [6.45, 7) is 2.49. The molecule has 0 fully saturated rings. The topological polar surface area (TPSA) is 114 Å². The van der Waals surface area contributed by atoms with Crippen LogP contribution in [0.1, 0.15) is 50.3 Å². The Morgan fingerprint density at radius 1 is 1.38 bits per heavy atom. The van der Waals surface area contributed by atoms with Gasteiger partial charge in [0.1, 0.15) is 5.82 Å². The Morgan fingerprint density at radius 2 is 2.14 bits per heavy atom. The minimum Gasteiger partial charge on any atom is -0.481 e. The maximum absolute atomic E-state index is 11.8. The summed E-state index contributed by atoms with van der Waals surface area (Å²) in [5.74, 6) is -0.0949. The van der Waals surface area contributed by atoms with Gasteiger partial charge in [-0.2, -0.15) is 0 Å². The van der Waals surface area contributed by atoms with Crippen LogP contribution in [-0.2, 0) is 27.8 Å². The lowest BCUT2D eigenvalue weighted by Crippen LogP contribution is -2.31. The molecule has 1 aromatic heterocycles. The zero-order valence-electron chi connectivity index (χ0n) is 11.9. The van der Waals surface area contributed by atoms with E-state index in [9.17, 15) is 13.2 Å². The van der Waals surface area contributed by atoms with Gasteiger partial charge in [0.15, 0.2) is 5.82 Å². The van der Waals surface area contributed by atoms with Crippen LogP contribution < -0.4 is 4.72 Å². The lowest BCUT2D eigenvalue weighted by molar-refractivity contribution is -0.136. The standard InChI is InChI=1S/C12H20N4O4S/c1-9(15-21(19,20)8-6-11(17)18)12-14-13-10-5-3-2-4-7-16(10)12/h9,15H,2-8H2,1H3,(H,17,18). The minimum atomic E-state index is -3.65. The predicted molar refractivity (Wildman–Crippen MR) is 75.2 cm³/mol. The van der Waals surface area contributed by atoms with Gasteiger partial charge in [0.25, 0.3) is 0 Å². The molecular weight excluding hydrogens is 296 g/mol. The molecule has 0 saturated carbocycles. The van der Waals surface area contributed by atoms with Crippen molar-refractivity contribution in [3.05, 3.63) is 11.6 Å². The van der Waals surface area contributed by atoms with Crippen LogP contribution in [0.4, 0.5) is 0 Å². The number of carboxylic acid groups (broad SMARTS) is 1. The molecule has 1 aliphatic rings. The van der Waals surface area contributed by atoms with Crippen LogP contribution in [0.25, 0.3) is 0 Å². The highest BCUT2D eigenvalue weighted by Gasteiger charge is 2.23. The van der Waals surface area contributed by atoms with Gasteiger partial charge < -0.3 is 9.67 Å². The van der Waals surface area contributed by atoms with Crippen molar-refractivity contribution in [2.24, 2.45) is 0 Å². The molecule has 0 saturated heterocycles. The Balaban J connectivity index is 2.08. The molecule has 0 bridgehead atoms. The summed E-state index contributed by atoms with van der Waals surface area (Å²) in [6.07, 6.45) is 3.65. The van der Waals surface area contributed by atoms with Crippen LogP contribution in [0.5, 0.6) is 0 Å². The quantitative estimate of drug-likeness (QED) is 0.788. The third-order valence-corrected chi connectivity index (χ3v) is 4.92. The molecule has 1 aromatic rings. The summed E-state index contributed by atoms with van der Waals surface area (Å²) < 4.78 is 28.1. The molecule has 8 nitrogen and oxygen atoms in total. The SMILES string of the molecule is CC(NS(=O)(=O)CCC(=O)O)c1nnc2n1CCCCC2. The summed E-state index contributed by atoms with van der Waals surface area (Å²) in [4.78, 5) is 10.5. The average Bonchev–Trinajstić information content (AvgIpc) is 2.66. The van der Waals surface area contributed by atoms with Crippen LogP contribution >= 0.6 is 0 Å². The molecule has 0 amide bonds. The fraction of sp³-hybridized carbons (Fsp3) is 0.750. The lowest BCUT2D eigenvalue weighted by atomic mass is 10.2. The van der Waals surface area contributed by atoms with Gasteiger partial charge in [-0.15, -0.1) is 10.2 Å². The number of hydrogen-bond acceptors (Lipinski definition) is 5. The Kier molecular flexibility index (Phi) is 4.94. The highest BCUT2D eigenvalue weighted by molar-refractivity contribution is 7.89. The number of rotatable bonds is 6. The second-order valence-corrected chi connectivity index (χ2v) is 7.11. The normalized spacial score (nSPS) is 17.0. The van der Waals surface area contributed by atoms with Crippen molar-refractivity contribution in [3.63, 3.8) is 0 Å². The molecule has 118 valence electrons. The fourth-order valence-electron chi connectivity index (χ4n) is 2.43. The van der Waals surface area contributed by atoms with Gasteiger partial charge in [-0.1, -0.05) is 6.42 Å². The van der Waals surface area contributed by atoms with Crippen molar-refractivity contribution in [2.75, 3.05) is 5.75 Å². The summed E-state index contributed by atoms with van der Waals surface area (Å²) in [5, 5.41) is 16.8. The van der Waals surface area contributed by atoms with Crippen molar-refractivity contribution < 1.29 is 18.3 Å². The number of sulfonamides is 1. The Morgan fingerprint density at radius 3 is 2.86 bits per heavy atom. The summed E-state index contributed by atoms with van der Waals surface area (Å²) in [6, 6.07) is -0.525. The monoisotopic (exact) mass is 316 g/mol. The molecule has 0 radical (unpaired) electrons. The Labute approximate surface area is 123 Å². The Hall–Kier alpha value is -1.48. The van der Waals surface area contributed by atoms with Gasteiger partial charge in [-0.05, 0) is 19.8 Å². The predicted octanol–water partition coefficient (Wildman–Crippen LogP) is 0.460. The first-order valence-corrected chi connectivity index (χ1v) is 8.68. The lowest BCUT2D eigenvalue weighted by Gasteiger charge is -2.15. The van der Waals surface area contributed by atoms with E-state index >= 15 is 0 Å².